The van der Waals surface area contributed by atoms with Gasteiger partial charge in [0.25, 0.3) is 0 Å². The van der Waals surface area contributed by atoms with Crippen LogP contribution in [0.1, 0.15) is 13.3 Å². The van der Waals surface area contributed by atoms with E-state index in [-0.39, 0.29) is 12.1 Å². The van der Waals surface area contributed by atoms with E-state index in [2.05, 4.69) is 27.5 Å². The molecule has 134 valence electrons. The fourth-order valence-corrected chi connectivity index (χ4v) is 3.53. The van der Waals surface area contributed by atoms with E-state index in [0.717, 1.165) is 44.0 Å². The van der Waals surface area contributed by atoms with Gasteiger partial charge in [-0.25, -0.2) is 4.79 Å². The van der Waals surface area contributed by atoms with Crippen LogP contribution < -0.4 is 10.6 Å². The first-order valence-electron chi connectivity index (χ1n) is 8.30. The van der Waals surface area contributed by atoms with Gasteiger partial charge in [-0.3, -0.25) is 0 Å². The molecule has 0 bridgehead atoms. The quantitative estimate of drug-likeness (QED) is 0.755. The van der Waals surface area contributed by atoms with Crippen molar-refractivity contribution >= 4 is 35.1 Å². The molecular formula is C17H27ClN4OS. The third kappa shape index (κ3) is 6.16. The Labute approximate surface area is 154 Å². The van der Waals surface area contributed by atoms with Crippen molar-refractivity contribution in [1.82, 2.24) is 15.1 Å². The largest absolute Gasteiger partial charge is 0.335 e. The lowest BCUT2D eigenvalue weighted by Gasteiger charge is -2.32. The molecule has 1 aromatic carbocycles. The number of amides is 2. The summed E-state index contributed by atoms with van der Waals surface area (Å²) in [6.45, 7) is 7.51. The molecule has 0 aliphatic carbocycles. The van der Waals surface area contributed by atoms with Crippen molar-refractivity contribution in [2.24, 2.45) is 0 Å². The van der Waals surface area contributed by atoms with Gasteiger partial charge in [0.15, 0.2) is 0 Å². The average molecular weight is 371 g/mol. The highest BCUT2D eigenvalue weighted by molar-refractivity contribution is 7.98. The standard InChI is InChI=1S/C17H27ClN4OS/c1-13(6-7-22-10-8-21(2)9-11-22)19-17(23)20-14-4-5-16(24-3)15(18)12-14/h4-5,12-13H,6-11H2,1-3H3,(H2,19,20,23)/t13-/m1/s1. The van der Waals surface area contributed by atoms with Crippen LogP contribution in [-0.4, -0.2) is 67.9 Å². The number of carbonyl (C=O) groups excluding carboxylic acids is 1. The number of urea groups is 1. The van der Waals surface area contributed by atoms with Gasteiger partial charge in [0.1, 0.15) is 0 Å². The minimum Gasteiger partial charge on any atom is -0.335 e. The first kappa shape index (κ1) is 19.4. The fourth-order valence-electron chi connectivity index (χ4n) is 2.65. The van der Waals surface area contributed by atoms with Gasteiger partial charge in [0, 0.05) is 49.3 Å². The summed E-state index contributed by atoms with van der Waals surface area (Å²) < 4.78 is 0. The van der Waals surface area contributed by atoms with Crippen molar-refractivity contribution < 1.29 is 4.79 Å². The molecule has 1 aliphatic rings. The molecule has 2 rings (SSSR count). The van der Waals surface area contributed by atoms with Crippen molar-refractivity contribution in [2.45, 2.75) is 24.3 Å². The number of nitrogens with one attached hydrogen (secondary N) is 2. The van der Waals surface area contributed by atoms with Crippen molar-refractivity contribution in [3.05, 3.63) is 23.2 Å². The molecule has 1 atom stereocenters. The number of hydrogen-bond donors (Lipinski definition) is 2. The Bertz CT molecular complexity index is 549. The predicted molar refractivity (Wildman–Crippen MR) is 103 cm³/mol. The average Bonchev–Trinajstić information content (AvgIpc) is 2.54. The summed E-state index contributed by atoms with van der Waals surface area (Å²) in [4.78, 5) is 17.9. The molecule has 0 saturated carbocycles. The summed E-state index contributed by atoms with van der Waals surface area (Å²) >= 11 is 7.75. The van der Waals surface area contributed by atoms with Gasteiger partial charge in [-0.2, -0.15) is 0 Å². The summed E-state index contributed by atoms with van der Waals surface area (Å²) in [5.74, 6) is 0. The van der Waals surface area contributed by atoms with Gasteiger partial charge in [0.2, 0.25) is 0 Å². The Hall–Kier alpha value is -0.950. The molecule has 2 amide bonds. The van der Waals surface area contributed by atoms with Crippen LogP contribution in [0.4, 0.5) is 10.5 Å². The zero-order valence-corrected chi connectivity index (χ0v) is 16.2. The SMILES string of the molecule is CSc1ccc(NC(=O)N[C@H](C)CCN2CCN(C)CC2)cc1Cl. The molecule has 1 saturated heterocycles. The minimum absolute atomic E-state index is 0.130. The maximum Gasteiger partial charge on any atom is 0.319 e. The third-order valence-corrected chi connectivity index (χ3v) is 5.48. The molecule has 1 heterocycles. The molecular weight excluding hydrogens is 344 g/mol. The van der Waals surface area contributed by atoms with Crippen LogP contribution in [0.3, 0.4) is 0 Å². The topological polar surface area (TPSA) is 47.6 Å². The van der Waals surface area contributed by atoms with Gasteiger partial charge in [-0.05, 0) is 44.8 Å². The van der Waals surface area contributed by atoms with E-state index in [1.165, 1.54) is 0 Å². The van der Waals surface area contributed by atoms with Crippen molar-refractivity contribution in [3.63, 3.8) is 0 Å². The van der Waals surface area contributed by atoms with Gasteiger partial charge >= 0.3 is 6.03 Å². The predicted octanol–water partition coefficient (Wildman–Crippen LogP) is 3.21. The number of halogens is 1. The van der Waals surface area contributed by atoms with Crippen LogP contribution in [-0.2, 0) is 0 Å². The van der Waals surface area contributed by atoms with Crippen LogP contribution >= 0.6 is 23.4 Å². The number of hydrogen-bond acceptors (Lipinski definition) is 4. The first-order chi connectivity index (χ1) is 11.5. The highest BCUT2D eigenvalue weighted by Crippen LogP contribution is 2.27. The van der Waals surface area contributed by atoms with E-state index in [0.29, 0.717) is 10.7 Å². The van der Waals surface area contributed by atoms with Gasteiger partial charge in [0.05, 0.1) is 5.02 Å². The van der Waals surface area contributed by atoms with Crippen LogP contribution in [0.2, 0.25) is 5.02 Å². The summed E-state index contributed by atoms with van der Waals surface area (Å²) in [7, 11) is 2.16. The summed E-state index contributed by atoms with van der Waals surface area (Å²) in [5.41, 5.74) is 0.710. The molecule has 0 spiro atoms. The summed E-state index contributed by atoms with van der Waals surface area (Å²) in [6, 6.07) is 5.51. The molecule has 24 heavy (non-hydrogen) atoms. The first-order valence-corrected chi connectivity index (χ1v) is 9.90. The number of benzene rings is 1. The number of nitrogens with zero attached hydrogens (tertiary/aromatic N) is 2. The zero-order chi connectivity index (χ0) is 17.5. The molecule has 1 aromatic rings. The lowest BCUT2D eigenvalue weighted by atomic mass is 10.2. The number of piperazine rings is 1. The Morgan fingerprint density at radius 3 is 2.67 bits per heavy atom. The van der Waals surface area contributed by atoms with Gasteiger partial charge < -0.3 is 20.4 Å². The number of carbonyl (C=O) groups is 1. The normalized spacial score (nSPS) is 17.5. The Balaban J connectivity index is 1.72. The maximum absolute atomic E-state index is 12.1. The monoisotopic (exact) mass is 370 g/mol. The van der Waals surface area contributed by atoms with Crippen LogP contribution in [0.25, 0.3) is 0 Å². The van der Waals surface area contributed by atoms with Gasteiger partial charge in [-0.1, -0.05) is 11.6 Å². The Morgan fingerprint density at radius 1 is 1.33 bits per heavy atom. The van der Waals surface area contributed by atoms with E-state index in [1.54, 1.807) is 17.8 Å². The lowest BCUT2D eigenvalue weighted by molar-refractivity contribution is 0.150. The summed E-state index contributed by atoms with van der Waals surface area (Å²) in [5, 5.41) is 6.49. The Kier molecular flexibility index (Phi) is 7.68. The minimum atomic E-state index is -0.186. The van der Waals surface area contributed by atoms with E-state index in [1.807, 2.05) is 25.3 Å². The smallest absolute Gasteiger partial charge is 0.319 e. The van der Waals surface area contributed by atoms with E-state index in [4.69, 9.17) is 11.6 Å². The van der Waals surface area contributed by atoms with Crippen molar-refractivity contribution in [1.29, 1.82) is 0 Å². The lowest BCUT2D eigenvalue weighted by Crippen LogP contribution is -2.46. The second-order valence-electron chi connectivity index (χ2n) is 6.28. The van der Waals surface area contributed by atoms with Crippen LogP contribution in [0.5, 0.6) is 0 Å². The van der Waals surface area contributed by atoms with Crippen molar-refractivity contribution in [3.8, 4) is 0 Å². The third-order valence-electron chi connectivity index (χ3n) is 4.26. The van der Waals surface area contributed by atoms with Crippen LogP contribution in [0, 0.1) is 0 Å². The second-order valence-corrected chi connectivity index (χ2v) is 7.54. The molecule has 1 fully saturated rings. The summed E-state index contributed by atoms with van der Waals surface area (Å²) in [6.07, 6.45) is 2.92. The maximum atomic E-state index is 12.1. The molecule has 0 unspecified atom stereocenters. The van der Waals surface area contributed by atoms with Crippen molar-refractivity contribution in [2.75, 3.05) is 51.3 Å². The van der Waals surface area contributed by atoms with E-state index in [9.17, 15) is 4.79 Å². The number of rotatable bonds is 6. The molecule has 0 aromatic heterocycles. The molecule has 2 N–H and O–H groups in total. The molecule has 7 heteroatoms. The molecule has 5 nitrogen and oxygen atoms in total. The Morgan fingerprint density at radius 2 is 2.04 bits per heavy atom. The van der Waals surface area contributed by atoms with E-state index >= 15 is 0 Å². The number of likely N-dealkylation sites (N-methyl/N-ethyl adjacent to an activating group) is 1. The van der Waals surface area contributed by atoms with Crippen LogP contribution in [0.15, 0.2) is 23.1 Å². The zero-order valence-electron chi connectivity index (χ0n) is 14.6. The van der Waals surface area contributed by atoms with E-state index < -0.39 is 0 Å². The number of anilines is 1. The molecule has 0 radical (unpaired) electrons. The highest BCUT2D eigenvalue weighted by atomic mass is 35.5. The molecule has 1 aliphatic heterocycles. The number of thioether (sulfide) groups is 1. The van der Waals surface area contributed by atoms with Gasteiger partial charge in [-0.15, -0.1) is 11.8 Å². The second kappa shape index (κ2) is 9.51. The fraction of sp³-hybridized carbons (Fsp3) is 0.588. The highest BCUT2D eigenvalue weighted by Gasteiger charge is 2.15.